The highest BCUT2D eigenvalue weighted by Crippen LogP contribution is 2.23. The van der Waals surface area contributed by atoms with E-state index >= 15 is 0 Å². The molecular formula is C23H28ClN3O2. The van der Waals surface area contributed by atoms with Gasteiger partial charge in [0.1, 0.15) is 11.6 Å². The summed E-state index contributed by atoms with van der Waals surface area (Å²) < 4.78 is 8.03. The molecule has 0 spiro atoms. The lowest BCUT2D eigenvalue weighted by Crippen LogP contribution is -2.36. The van der Waals surface area contributed by atoms with Crippen molar-refractivity contribution in [1.29, 1.82) is 0 Å². The Morgan fingerprint density at radius 1 is 1.14 bits per heavy atom. The van der Waals surface area contributed by atoms with Gasteiger partial charge < -0.3 is 14.6 Å². The maximum absolute atomic E-state index is 12.1. The molecule has 2 aromatic carbocycles. The molecule has 0 unspecified atom stereocenters. The van der Waals surface area contributed by atoms with Gasteiger partial charge in [-0.3, -0.25) is 4.79 Å². The lowest BCUT2D eigenvalue weighted by atomic mass is 9.96. The van der Waals surface area contributed by atoms with Crippen LogP contribution in [0.5, 0.6) is 5.75 Å². The number of carbonyl (C=O) groups is 1. The molecule has 1 aromatic heterocycles. The zero-order valence-corrected chi connectivity index (χ0v) is 18.0. The number of para-hydroxylation sites is 3. The Bertz CT molecular complexity index is 976. The molecule has 1 heterocycles. The number of ether oxygens (including phenoxy) is 1. The summed E-state index contributed by atoms with van der Waals surface area (Å²) in [6.07, 6.45) is 1.51. The molecule has 0 bridgehead atoms. The summed E-state index contributed by atoms with van der Waals surface area (Å²) >= 11 is 6.15. The molecule has 6 heteroatoms. The van der Waals surface area contributed by atoms with Crippen LogP contribution in [0.25, 0.3) is 11.0 Å². The number of imidazole rings is 1. The lowest BCUT2D eigenvalue weighted by Gasteiger charge is -2.17. The summed E-state index contributed by atoms with van der Waals surface area (Å²) in [6, 6.07) is 15.6. The van der Waals surface area contributed by atoms with E-state index in [1.54, 1.807) is 0 Å². The van der Waals surface area contributed by atoms with Crippen LogP contribution >= 0.6 is 11.6 Å². The Morgan fingerprint density at radius 3 is 2.62 bits per heavy atom. The van der Waals surface area contributed by atoms with Crippen molar-refractivity contribution in [3.05, 3.63) is 59.4 Å². The summed E-state index contributed by atoms with van der Waals surface area (Å²) in [5.74, 6) is 1.72. The van der Waals surface area contributed by atoms with Gasteiger partial charge in [-0.05, 0) is 30.7 Å². The number of halogens is 1. The largest absolute Gasteiger partial charge is 0.492 e. The van der Waals surface area contributed by atoms with Crippen molar-refractivity contribution in [3.8, 4) is 5.75 Å². The molecule has 1 N–H and O–H groups in total. The summed E-state index contributed by atoms with van der Waals surface area (Å²) in [7, 11) is 0. The van der Waals surface area contributed by atoms with Crippen LogP contribution in [0, 0.1) is 5.41 Å². The molecule has 0 radical (unpaired) electrons. The molecule has 3 aromatic rings. The van der Waals surface area contributed by atoms with Crippen molar-refractivity contribution in [2.24, 2.45) is 5.41 Å². The van der Waals surface area contributed by atoms with E-state index in [4.69, 9.17) is 21.3 Å². The first kappa shape index (κ1) is 21.2. The third-order valence-electron chi connectivity index (χ3n) is 4.67. The number of nitrogens with zero attached hydrogens (tertiary/aromatic N) is 2. The number of hydrogen-bond donors (Lipinski definition) is 1. The second kappa shape index (κ2) is 9.31. The van der Waals surface area contributed by atoms with Gasteiger partial charge in [0.05, 0.1) is 22.7 Å². The molecule has 3 rings (SSSR count). The number of carbonyl (C=O) groups excluding carboxylic acids is 1. The highest BCUT2D eigenvalue weighted by Gasteiger charge is 2.20. The Kier molecular flexibility index (Phi) is 6.80. The predicted octanol–water partition coefficient (Wildman–Crippen LogP) is 4.86. The average molecular weight is 414 g/mol. The number of aromatic nitrogens is 2. The Balaban J connectivity index is 1.63. The summed E-state index contributed by atoms with van der Waals surface area (Å²) in [5, 5.41) is 3.63. The minimum absolute atomic E-state index is 0.0494. The van der Waals surface area contributed by atoms with E-state index in [0.29, 0.717) is 30.3 Å². The number of rotatable bonds is 8. The van der Waals surface area contributed by atoms with Crippen LogP contribution in [0.3, 0.4) is 0 Å². The van der Waals surface area contributed by atoms with Crippen molar-refractivity contribution >= 4 is 28.5 Å². The molecule has 0 aliphatic rings. The number of aryl methyl sites for hydroxylation is 1. The zero-order chi connectivity index (χ0) is 20.9. The van der Waals surface area contributed by atoms with Gasteiger partial charge in [-0.1, -0.05) is 56.6 Å². The zero-order valence-electron chi connectivity index (χ0n) is 17.2. The number of benzene rings is 2. The Hall–Kier alpha value is -2.53. The van der Waals surface area contributed by atoms with Crippen LogP contribution < -0.4 is 10.1 Å². The van der Waals surface area contributed by atoms with E-state index in [-0.39, 0.29) is 5.91 Å². The maximum Gasteiger partial charge on any atom is 0.225 e. The van der Waals surface area contributed by atoms with Crippen LogP contribution in [0.4, 0.5) is 0 Å². The number of amides is 1. The highest BCUT2D eigenvalue weighted by molar-refractivity contribution is 6.32. The number of fused-ring (bicyclic) bond motifs is 1. The Morgan fingerprint density at radius 2 is 1.86 bits per heavy atom. The van der Waals surface area contributed by atoms with Crippen LogP contribution in [0.15, 0.2) is 48.5 Å². The first-order chi connectivity index (χ1) is 13.9. The van der Waals surface area contributed by atoms with Crippen LogP contribution in [0.1, 0.15) is 33.0 Å². The van der Waals surface area contributed by atoms with E-state index in [9.17, 15) is 4.79 Å². The maximum atomic E-state index is 12.1. The van der Waals surface area contributed by atoms with Gasteiger partial charge in [-0.2, -0.15) is 0 Å². The van der Waals surface area contributed by atoms with Crippen LogP contribution in [-0.4, -0.2) is 28.6 Å². The smallest absolute Gasteiger partial charge is 0.225 e. The third kappa shape index (κ3) is 5.51. The lowest BCUT2D eigenvalue weighted by molar-refractivity contribution is -0.128. The monoisotopic (exact) mass is 413 g/mol. The molecule has 0 saturated carbocycles. The molecule has 0 atom stereocenters. The minimum atomic E-state index is -0.393. The second-order valence-electron chi connectivity index (χ2n) is 8.06. The number of hydrogen-bond acceptors (Lipinski definition) is 3. The molecular weight excluding hydrogens is 386 g/mol. The normalized spacial score (nSPS) is 11.6. The Labute approximate surface area is 177 Å². The van der Waals surface area contributed by atoms with Crippen LogP contribution in [0.2, 0.25) is 5.02 Å². The van der Waals surface area contributed by atoms with Gasteiger partial charge in [0.2, 0.25) is 5.91 Å². The SMILES string of the molecule is CC(C)(C)C(=O)NCCc1nc2ccccc2n1CCCOc1ccccc1Cl. The quantitative estimate of drug-likeness (QED) is 0.536. The molecule has 0 aliphatic carbocycles. The first-order valence-electron chi connectivity index (χ1n) is 9.96. The molecule has 0 saturated heterocycles. The first-order valence-corrected chi connectivity index (χ1v) is 10.3. The van der Waals surface area contributed by atoms with Crippen molar-refractivity contribution < 1.29 is 9.53 Å². The van der Waals surface area contributed by atoms with Crippen molar-refractivity contribution in [1.82, 2.24) is 14.9 Å². The molecule has 0 fully saturated rings. The number of nitrogens with one attached hydrogen (secondary N) is 1. The standard InChI is InChI=1S/C23H28ClN3O2/c1-23(2,3)22(28)25-14-13-21-26-18-10-5-6-11-19(18)27(21)15-8-16-29-20-12-7-4-9-17(20)24/h4-7,9-12H,8,13-16H2,1-3H3,(H,25,28). The van der Waals surface area contributed by atoms with E-state index in [1.807, 2.05) is 63.2 Å². The second-order valence-corrected chi connectivity index (χ2v) is 8.46. The van der Waals surface area contributed by atoms with E-state index < -0.39 is 5.41 Å². The van der Waals surface area contributed by atoms with Gasteiger partial charge >= 0.3 is 0 Å². The van der Waals surface area contributed by atoms with E-state index in [2.05, 4.69) is 16.0 Å². The topological polar surface area (TPSA) is 56.2 Å². The molecule has 29 heavy (non-hydrogen) atoms. The average Bonchev–Trinajstić information content (AvgIpc) is 3.03. The van der Waals surface area contributed by atoms with Crippen molar-refractivity contribution in [3.63, 3.8) is 0 Å². The van der Waals surface area contributed by atoms with Gasteiger partial charge in [0.25, 0.3) is 0 Å². The summed E-state index contributed by atoms with van der Waals surface area (Å²) in [4.78, 5) is 16.9. The molecule has 154 valence electrons. The van der Waals surface area contributed by atoms with Gasteiger partial charge in [0, 0.05) is 24.9 Å². The molecule has 5 nitrogen and oxygen atoms in total. The van der Waals surface area contributed by atoms with E-state index in [1.165, 1.54) is 0 Å². The fraction of sp³-hybridized carbons (Fsp3) is 0.391. The third-order valence-corrected chi connectivity index (χ3v) is 4.98. The fourth-order valence-corrected chi connectivity index (χ4v) is 3.28. The van der Waals surface area contributed by atoms with Gasteiger partial charge in [-0.25, -0.2) is 4.98 Å². The molecule has 0 aliphatic heterocycles. The van der Waals surface area contributed by atoms with Gasteiger partial charge in [-0.15, -0.1) is 0 Å². The highest BCUT2D eigenvalue weighted by atomic mass is 35.5. The van der Waals surface area contributed by atoms with E-state index in [0.717, 1.165) is 29.8 Å². The van der Waals surface area contributed by atoms with Gasteiger partial charge in [0.15, 0.2) is 0 Å². The fourth-order valence-electron chi connectivity index (χ4n) is 3.09. The van der Waals surface area contributed by atoms with Crippen LogP contribution in [-0.2, 0) is 17.8 Å². The van der Waals surface area contributed by atoms with Crippen molar-refractivity contribution in [2.45, 2.75) is 40.2 Å². The predicted molar refractivity (Wildman–Crippen MR) is 117 cm³/mol. The minimum Gasteiger partial charge on any atom is -0.492 e. The van der Waals surface area contributed by atoms with Crippen molar-refractivity contribution in [2.75, 3.05) is 13.2 Å². The summed E-state index contributed by atoms with van der Waals surface area (Å²) in [5.41, 5.74) is 1.68. The summed E-state index contributed by atoms with van der Waals surface area (Å²) in [6.45, 7) is 7.66. The molecule has 1 amide bonds.